The van der Waals surface area contributed by atoms with E-state index in [1.54, 1.807) is 0 Å². The second-order valence-electron chi connectivity index (χ2n) is 5.30. The van der Waals surface area contributed by atoms with Crippen molar-refractivity contribution in [2.45, 2.75) is 50.7 Å². The second kappa shape index (κ2) is 4.63. The van der Waals surface area contributed by atoms with Gasteiger partial charge in [0.05, 0.1) is 6.54 Å². The van der Waals surface area contributed by atoms with Gasteiger partial charge in [-0.15, -0.1) is 0 Å². The Morgan fingerprint density at radius 3 is 2.59 bits per heavy atom. The van der Waals surface area contributed by atoms with E-state index in [1.165, 1.54) is 12.8 Å². The van der Waals surface area contributed by atoms with Crippen LogP contribution in [0.4, 0.5) is 4.39 Å². The predicted octanol–water partition coefficient (Wildman–Crippen LogP) is 0.909. The lowest BCUT2D eigenvalue weighted by atomic mass is 10.1. The molecular weight excluding hydrogens is 223 g/mol. The number of carbonyl (C=O) groups excluding carboxylic acids is 2. The van der Waals surface area contributed by atoms with Crippen LogP contribution in [0, 0.1) is 5.92 Å². The molecule has 1 atom stereocenters. The van der Waals surface area contributed by atoms with Crippen molar-refractivity contribution < 1.29 is 14.0 Å². The Balaban J connectivity index is 1.61. The van der Waals surface area contributed by atoms with Crippen molar-refractivity contribution in [3.8, 4) is 0 Å². The summed E-state index contributed by atoms with van der Waals surface area (Å²) in [5.41, 5.74) is -1.69. The van der Waals surface area contributed by atoms with Gasteiger partial charge in [-0.3, -0.25) is 9.59 Å². The second-order valence-corrected chi connectivity index (χ2v) is 5.30. The number of halogens is 1. The summed E-state index contributed by atoms with van der Waals surface area (Å²) in [4.78, 5) is 22.7. The fourth-order valence-corrected chi connectivity index (χ4v) is 1.89. The summed E-state index contributed by atoms with van der Waals surface area (Å²) in [7, 11) is 0. The van der Waals surface area contributed by atoms with E-state index in [2.05, 4.69) is 10.6 Å². The molecule has 0 aromatic rings. The maximum Gasteiger partial charge on any atom is 0.258 e. The van der Waals surface area contributed by atoms with Gasteiger partial charge in [0.25, 0.3) is 5.91 Å². The average molecular weight is 242 g/mol. The van der Waals surface area contributed by atoms with E-state index in [1.807, 2.05) is 6.92 Å². The third-order valence-corrected chi connectivity index (χ3v) is 3.30. The maximum atomic E-state index is 13.2. The molecule has 96 valence electrons. The Labute approximate surface area is 100 Å². The van der Waals surface area contributed by atoms with Gasteiger partial charge in [-0.2, -0.15) is 0 Å². The first-order valence-electron chi connectivity index (χ1n) is 6.26. The lowest BCUT2D eigenvalue weighted by Gasteiger charge is -2.14. The number of carbonyl (C=O) groups is 2. The minimum atomic E-state index is -1.69. The summed E-state index contributed by atoms with van der Waals surface area (Å²) < 4.78 is 13.2. The van der Waals surface area contributed by atoms with Crippen molar-refractivity contribution in [2.75, 3.05) is 6.54 Å². The number of amides is 2. The summed E-state index contributed by atoms with van der Waals surface area (Å²) in [6.45, 7) is 1.83. The maximum absolute atomic E-state index is 13.2. The Morgan fingerprint density at radius 1 is 1.41 bits per heavy atom. The van der Waals surface area contributed by atoms with E-state index in [4.69, 9.17) is 0 Å². The van der Waals surface area contributed by atoms with Crippen LogP contribution in [-0.2, 0) is 9.59 Å². The molecule has 0 saturated heterocycles. The molecule has 0 aromatic heterocycles. The number of alkyl halides is 1. The molecule has 1 unspecified atom stereocenters. The zero-order valence-electron chi connectivity index (χ0n) is 10.1. The van der Waals surface area contributed by atoms with E-state index < -0.39 is 11.6 Å². The first kappa shape index (κ1) is 12.3. The predicted molar refractivity (Wildman–Crippen MR) is 61.0 cm³/mol. The first-order chi connectivity index (χ1) is 7.99. The van der Waals surface area contributed by atoms with Crippen molar-refractivity contribution in [3.63, 3.8) is 0 Å². The summed E-state index contributed by atoms with van der Waals surface area (Å²) in [6, 6.07) is 0.132. The highest BCUT2D eigenvalue weighted by Crippen LogP contribution is 2.39. The van der Waals surface area contributed by atoms with Crippen LogP contribution in [-0.4, -0.2) is 30.1 Å². The van der Waals surface area contributed by atoms with Crippen molar-refractivity contribution in [1.82, 2.24) is 10.6 Å². The molecule has 0 heterocycles. The zero-order valence-corrected chi connectivity index (χ0v) is 10.1. The van der Waals surface area contributed by atoms with Crippen molar-refractivity contribution in [3.05, 3.63) is 0 Å². The van der Waals surface area contributed by atoms with Crippen LogP contribution in [0.2, 0.25) is 0 Å². The van der Waals surface area contributed by atoms with Crippen LogP contribution >= 0.6 is 0 Å². The van der Waals surface area contributed by atoms with Gasteiger partial charge >= 0.3 is 0 Å². The molecule has 2 rings (SSSR count). The van der Waals surface area contributed by atoms with Gasteiger partial charge in [0.2, 0.25) is 5.91 Å². The average Bonchev–Trinajstić information content (AvgIpc) is 3.14. The molecule has 0 spiro atoms. The highest BCUT2D eigenvalue weighted by Gasteiger charge is 2.50. The van der Waals surface area contributed by atoms with Gasteiger partial charge in [0, 0.05) is 6.04 Å². The molecule has 0 bridgehead atoms. The molecule has 5 heteroatoms. The normalized spacial score (nSPS) is 22.7. The van der Waals surface area contributed by atoms with Gasteiger partial charge in [-0.25, -0.2) is 4.39 Å². The molecule has 2 amide bonds. The Hall–Kier alpha value is -1.13. The third kappa shape index (κ3) is 3.68. The van der Waals surface area contributed by atoms with Gasteiger partial charge < -0.3 is 10.6 Å². The Kier molecular flexibility index (Phi) is 3.35. The monoisotopic (exact) mass is 242 g/mol. The van der Waals surface area contributed by atoms with E-state index in [9.17, 15) is 14.0 Å². The van der Waals surface area contributed by atoms with Crippen LogP contribution in [0.3, 0.4) is 0 Å². The number of nitrogens with one attached hydrogen (secondary N) is 2. The summed E-state index contributed by atoms with van der Waals surface area (Å²) in [6.07, 6.45) is 4.05. The number of hydrogen-bond donors (Lipinski definition) is 2. The van der Waals surface area contributed by atoms with Crippen molar-refractivity contribution >= 4 is 11.8 Å². The molecule has 0 radical (unpaired) electrons. The topological polar surface area (TPSA) is 58.2 Å². The molecule has 2 fully saturated rings. The van der Waals surface area contributed by atoms with E-state index in [0.29, 0.717) is 0 Å². The molecule has 2 aliphatic rings. The Bertz CT molecular complexity index is 324. The molecule has 2 aliphatic carbocycles. The molecule has 2 N–H and O–H groups in total. The fourth-order valence-electron chi connectivity index (χ4n) is 1.89. The third-order valence-electron chi connectivity index (χ3n) is 3.30. The molecular formula is C12H19FN2O2. The molecule has 17 heavy (non-hydrogen) atoms. The molecule has 0 aliphatic heterocycles. The molecule has 0 aromatic carbocycles. The van der Waals surface area contributed by atoms with Crippen molar-refractivity contribution in [2.24, 2.45) is 5.92 Å². The summed E-state index contributed by atoms with van der Waals surface area (Å²) in [5, 5.41) is 5.14. The molecule has 4 nitrogen and oxygen atoms in total. The number of hydrogen-bond acceptors (Lipinski definition) is 2. The highest BCUT2D eigenvalue weighted by atomic mass is 19.1. The summed E-state index contributed by atoms with van der Waals surface area (Å²) in [5.74, 6) is -0.140. The van der Waals surface area contributed by atoms with Crippen LogP contribution in [0.1, 0.15) is 39.0 Å². The quantitative estimate of drug-likeness (QED) is 0.727. The van der Waals surface area contributed by atoms with Gasteiger partial charge in [-0.05, 0) is 32.1 Å². The van der Waals surface area contributed by atoms with E-state index in [0.717, 1.165) is 12.3 Å². The van der Waals surface area contributed by atoms with Gasteiger partial charge in [0.1, 0.15) is 0 Å². The Morgan fingerprint density at radius 2 is 2.06 bits per heavy atom. The van der Waals surface area contributed by atoms with E-state index >= 15 is 0 Å². The smallest absolute Gasteiger partial charge is 0.258 e. The van der Waals surface area contributed by atoms with Crippen molar-refractivity contribution in [1.29, 1.82) is 0 Å². The lowest BCUT2D eigenvalue weighted by molar-refractivity contribution is -0.130. The van der Waals surface area contributed by atoms with Gasteiger partial charge in [0.15, 0.2) is 5.67 Å². The first-order valence-corrected chi connectivity index (χ1v) is 6.26. The fraction of sp³-hybridized carbons (Fsp3) is 0.833. The molecule has 2 saturated carbocycles. The van der Waals surface area contributed by atoms with E-state index in [-0.39, 0.29) is 31.3 Å². The van der Waals surface area contributed by atoms with Crippen LogP contribution in [0.5, 0.6) is 0 Å². The van der Waals surface area contributed by atoms with Gasteiger partial charge in [-0.1, -0.05) is 12.8 Å². The SMILES string of the molecule is CC(CC1CC1)NC(=O)CNC(=O)C1(F)CC1. The largest absolute Gasteiger partial charge is 0.352 e. The standard InChI is InChI=1S/C12H19FN2O2/c1-8(6-9-2-3-9)15-10(16)7-14-11(17)12(13)4-5-12/h8-9H,2-7H2,1H3,(H,14,17)(H,15,16). The minimum absolute atomic E-state index is 0.125. The van der Waals surface area contributed by atoms with Crippen LogP contribution < -0.4 is 10.6 Å². The lowest BCUT2D eigenvalue weighted by Crippen LogP contribution is -2.43. The summed E-state index contributed by atoms with van der Waals surface area (Å²) >= 11 is 0. The highest BCUT2D eigenvalue weighted by molar-refractivity contribution is 5.91. The number of rotatable bonds is 6. The zero-order chi connectivity index (χ0) is 12.5. The van der Waals surface area contributed by atoms with Crippen LogP contribution in [0.15, 0.2) is 0 Å². The van der Waals surface area contributed by atoms with Crippen LogP contribution in [0.25, 0.3) is 0 Å². The minimum Gasteiger partial charge on any atom is -0.352 e.